The van der Waals surface area contributed by atoms with Gasteiger partial charge in [0.2, 0.25) is 5.78 Å². The standard InChI is InChI=1S/C16H14N2O2S/c17-8-1-2-10-20-14-5-3-4-13(12-14)6-7-15(19)16-18-9-11-21-16/h3-7,9,11-12H,1-2,10H2/b7-6-. The first-order chi connectivity index (χ1) is 10.3. The zero-order chi connectivity index (χ0) is 14.9. The lowest BCUT2D eigenvalue weighted by Crippen LogP contribution is -1.96. The van der Waals surface area contributed by atoms with Gasteiger partial charge in [-0.25, -0.2) is 4.98 Å². The average molecular weight is 298 g/mol. The Balaban J connectivity index is 1.94. The summed E-state index contributed by atoms with van der Waals surface area (Å²) in [5.74, 6) is 0.627. The molecule has 5 heteroatoms. The molecule has 0 aliphatic rings. The van der Waals surface area contributed by atoms with E-state index in [-0.39, 0.29) is 5.78 Å². The zero-order valence-corrected chi connectivity index (χ0v) is 12.2. The monoisotopic (exact) mass is 298 g/mol. The van der Waals surface area contributed by atoms with E-state index in [0.717, 1.165) is 11.3 Å². The van der Waals surface area contributed by atoms with Crippen LogP contribution in [0.4, 0.5) is 0 Å². The van der Waals surface area contributed by atoms with Crippen LogP contribution in [0, 0.1) is 11.3 Å². The molecule has 0 bridgehead atoms. The van der Waals surface area contributed by atoms with Gasteiger partial charge in [0.1, 0.15) is 5.75 Å². The second-order valence-corrected chi connectivity index (χ2v) is 5.11. The van der Waals surface area contributed by atoms with E-state index in [4.69, 9.17) is 10.00 Å². The second-order valence-electron chi connectivity index (χ2n) is 4.22. The van der Waals surface area contributed by atoms with Gasteiger partial charge in [-0.15, -0.1) is 11.3 Å². The molecular formula is C16H14N2O2S. The highest BCUT2D eigenvalue weighted by Gasteiger charge is 2.03. The van der Waals surface area contributed by atoms with E-state index < -0.39 is 0 Å². The Morgan fingerprint density at radius 3 is 3.14 bits per heavy atom. The van der Waals surface area contributed by atoms with Gasteiger partial charge in [-0.05, 0) is 30.2 Å². The molecule has 0 atom stereocenters. The topological polar surface area (TPSA) is 63.0 Å². The van der Waals surface area contributed by atoms with E-state index >= 15 is 0 Å². The number of ether oxygens (including phenoxy) is 1. The molecule has 0 aliphatic carbocycles. The van der Waals surface area contributed by atoms with Crippen LogP contribution in [0.3, 0.4) is 0 Å². The Hall–Kier alpha value is -2.45. The molecule has 1 aromatic carbocycles. The third-order valence-corrected chi connectivity index (χ3v) is 3.42. The number of benzene rings is 1. The van der Waals surface area contributed by atoms with Crippen molar-refractivity contribution in [2.24, 2.45) is 0 Å². The van der Waals surface area contributed by atoms with Gasteiger partial charge in [0.15, 0.2) is 5.01 Å². The van der Waals surface area contributed by atoms with Crippen LogP contribution in [0.2, 0.25) is 0 Å². The van der Waals surface area contributed by atoms with Gasteiger partial charge < -0.3 is 4.74 Å². The number of ketones is 1. The minimum atomic E-state index is -0.106. The molecule has 2 aromatic rings. The maximum Gasteiger partial charge on any atom is 0.214 e. The van der Waals surface area contributed by atoms with Gasteiger partial charge in [-0.1, -0.05) is 18.2 Å². The van der Waals surface area contributed by atoms with Gasteiger partial charge in [-0.3, -0.25) is 4.79 Å². The number of carbonyl (C=O) groups excluding carboxylic acids is 1. The molecule has 0 N–H and O–H groups in total. The van der Waals surface area contributed by atoms with Crippen molar-refractivity contribution in [2.45, 2.75) is 12.8 Å². The molecule has 0 saturated heterocycles. The van der Waals surface area contributed by atoms with Crippen LogP contribution < -0.4 is 4.74 Å². The summed E-state index contributed by atoms with van der Waals surface area (Å²) >= 11 is 1.32. The molecule has 21 heavy (non-hydrogen) atoms. The quantitative estimate of drug-likeness (QED) is 0.444. The van der Waals surface area contributed by atoms with Crippen molar-refractivity contribution in [2.75, 3.05) is 6.61 Å². The fourth-order valence-corrected chi connectivity index (χ4v) is 2.19. The molecule has 0 unspecified atom stereocenters. The summed E-state index contributed by atoms with van der Waals surface area (Å²) in [6.07, 6.45) is 6.06. The van der Waals surface area contributed by atoms with Crippen LogP contribution in [0.25, 0.3) is 6.08 Å². The predicted octanol–water partition coefficient (Wildman–Crippen LogP) is 3.72. The van der Waals surface area contributed by atoms with Gasteiger partial charge in [0.25, 0.3) is 0 Å². The largest absolute Gasteiger partial charge is 0.494 e. The zero-order valence-electron chi connectivity index (χ0n) is 11.4. The third kappa shape index (κ3) is 4.86. The van der Waals surface area contributed by atoms with Crippen LogP contribution in [0.1, 0.15) is 28.2 Å². The smallest absolute Gasteiger partial charge is 0.214 e. The van der Waals surface area contributed by atoms with Crippen molar-refractivity contribution in [3.8, 4) is 11.8 Å². The summed E-state index contributed by atoms with van der Waals surface area (Å²) in [7, 11) is 0. The summed E-state index contributed by atoms with van der Waals surface area (Å²) in [5.41, 5.74) is 0.887. The number of nitrogens with zero attached hydrogens (tertiary/aromatic N) is 2. The number of allylic oxidation sites excluding steroid dienone is 1. The molecule has 0 aliphatic heterocycles. The fourth-order valence-electron chi connectivity index (χ4n) is 1.64. The minimum Gasteiger partial charge on any atom is -0.494 e. The Morgan fingerprint density at radius 2 is 2.38 bits per heavy atom. The van der Waals surface area contributed by atoms with Crippen molar-refractivity contribution < 1.29 is 9.53 Å². The number of nitriles is 1. The first-order valence-corrected chi connectivity index (χ1v) is 7.39. The maximum absolute atomic E-state index is 11.8. The van der Waals surface area contributed by atoms with Crippen molar-refractivity contribution in [1.29, 1.82) is 5.26 Å². The molecule has 0 saturated carbocycles. The summed E-state index contributed by atoms with van der Waals surface area (Å²) in [6, 6.07) is 9.56. The van der Waals surface area contributed by atoms with Crippen LogP contribution in [-0.4, -0.2) is 17.4 Å². The fraction of sp³-hybridized carbons (Fsp3) is 0.188. The number of rotatable bonds is 7. The molecule has 0 fully saturated rings. The Bertz CT molecular complexity index is 657. The highest BCUT2D eigenvalue weighted by molar-refractivity contribution is 7.11. The number of carbonyl (C=O) groups is 1. The molecule has 0 spiro atoms. The van der Waals surface area contributed by atoms with Crippen molar-refractivity contribution in [3.63, 3.8) is 0 Å². The average Bonchev–Trinajstić information content (AvgIpc) is 3.04. The Labute approximate surface area is 127 Å². The summed E-state index contributed by atoms with van der Waals surface area (Å²) in [4.78, 5) is 15.8. The Morgan fingerprint density at radius 1 is 1.48 bits per heavy atom. The van der Waals surface area contributed by atoms with E-state index in [1.54, 1.807) is 17.7 Å². The molecule has 0 amide bonds. The van der Waals surface area contributed by atoms with Crippen LogP contribution in [-0.2, 0) is 0 Å². The van der Waals surface area contributed by atoms with Crippen molar-refractivity contribution in [1.82, 2.24) is 4.98 Å². The molecule has 1 heterocycles. The summed E-state index contributed by atoms with van der Waals surface area (Å²) < 4.78 is 5.55. The van der Waals surface area contributed by atoms with E-state index in [2.05, 4.69) is 11.1 Å². The molecule has 2 rings (SSSR count). The highest BCUT2D eigenvalue weighted by Crippen LogP contribution is 2.15. The third-order valence-electron chi connectivity index (χ3n) is 2.63. The van der Waals surface area contributed by atoms with Crippen LogP contribution in [0.15, 0.2) is 41.9 Å². The van der Waals surface area contributed by atoms with Gasteiger partial charge in [-0.2, -0.15) is 5.26 Å². The molecule has 106 valence electrons. The Kier molecular flexibility index (Phi) is 5.68. The van der Waals surface area contributed by atoms with Crippen LogP contribution in [0.5, 0.6) is 5.75 Å². The van der Waals surface area contributed by atoms with Gasteiger partial charge in [0, 0.05) is 18.0 Å². The molecule has 0 radical (unpaired) electrons. The number of hydrogen-bond acceptors (Lipinski definition) is 5. The number of thiazole rings is 1. The van der Waals surface area contributed by atoms with E-state index in [1.807, 2.05) is 24.3 Å². The maximum atomic E-state index is 11.8. The van der Waals surface area contributed by atoms with Gasteiger partial charge >= 0.3 is 0 Å². The van der Waals surface area contributed by atoms with E-state index in [9.17, 15) is 4.79 Å². The predicted molar refractivity (Wildman–Crippen MR) is 82.3 cm³/mol. The van der Waals surface area contributed by atoms with Crippen molar-refractivity contribution in [3.05, 3.63) is 52.5 Å². The summed E-state index contributed by atoms with van der Waals surface area (Å²) in [5, 5.41) is 10.7. The van der Waals surface area contributed by atoms with Crippen LogP contribution >= 0.6 is 11.3 Å². The van der Waals surface area contributed by atoms with E-state index in [0.29, 0.717) is 24.5 Å². The summed E-state index contributed by atoms with van der Waals surface area (Å²) in [6.45, 7) is 0.513. The lowest BCUT2D eigenvalue weighted by molar-refractivity contribution is 0.104. The molecule has 1 aromatic heterocycles. The SMILES string of the molecule is N#CCCCOc1cccc(/C=C\C(=O)c2nccs2)c1. The van der Waals surface area contributed by atoms with Crippen molar-refractivity contribution >= 4 is 23.2 Å². The minimum absolute atomic E-state index is 0.106. The molecular weight excluding hydrogens is 284 g/mol. The molecule has 4 nitrogen and oxygen atoms in total. The first-order valence-electron chi connectivity index (χ1n) is 6.51. The first kappa shape index (κ1) is 14.9. The van der Waals surface area contributed by atoms with Gasteiger partial charge in [0.05, 0.1) is 12.7 Å². The number of hydrogen-bond donors (Lipinski definition) is 0. The lowest BCUT2D eigenvalue weighted by atomic mass is 10.2. The number of unbranched alkanes of at least 4 members (excludes halogenated alkanes) is 1. The van der Waals surface area contributed by atoms with E-state index in [1.165, 1.54) is 17.4 Å². The number of aromatic nitrogens is 1. The second kappa shape index (κ2) is 7.98. The normalized spacial score (nSPS) is 10.4. The highest BCUT2D eigenvalue weighted by atomic mass is 32.1. The lowest BCUT2D eigenvalue weighted by Gasteiger charge is -2.05.